The lowest BCUT2D eigenvalue weighted by atomic mass is 10.1. The van der Waals surface area contributed by atoms with E-state index in [2.05, 4.69) is 4.98 Å². The van der Waals surface area contributed by atoms with Crippen molar-refractivity contribution in [3.8, 4) is 5.75 Å². The first kappa shape index (κ1) is 20.2. The summed E-state index contributed by atoms with van der Waals surface area (Å²) in [6, 6.07) is 13.0. The van der Waals surface area contributed by atoms with Crippen molar-refractivity contribution in [1.82, 2.24) is 4.98 Å². The van der Waals surface area contributed by atoms with E-state index in [-0.39, 0.29) is 18.6 Å². The number of benzene rings is 1. The Balaban J connectivity index is 1.90. The van der Waals surface area contributed by atoms with Crippen molar-refractivity contribution in [1.29, 1.82) is 0 Å². The number of aliphatic carboxylic acids is 1. The lowest BCUT2D eigenvalue weighted by Crippen LogP contribution is -2.11. The van der Waals surface area contributed by atoms with E-state index in [9.17, 15) is 9.59 Å². The van der Waals surface area contributed by atoms with E-state index in [1.807, 2.05) is 18.2 Å². The SMILES string of the molecule is CCOC(=O)/C(=C/c1ccc(OCCCc2ccccn2)cc1)CC(=O)O. The number of aromatic nitrogens is 1. The predicted molar refractivity (Wildman–Crippen MR) is 101 cm³/mol. The Bertz CT molecular complexity index is 769. The maximum atomic E-state index is 11.9. The molecule has 0 radical (unpaired) electrons. The number of esters is 1. The molecule has 1 aromatic heterocycles. The molecule has 6 nitrogen and oxygen atoms in total. The average Bonchev–Trinajstić information content (AvgIpc) is 2.66. The minimum absolute atomic E-state index is 0.105. The van der Waals surface area contributed by atoms with E-state index in [4.69, 9.17) is 14.6 Å². The normalized spacial score (nSPS) is 11.1. The van der Waals surface area contributed by atoms with Gasteiger partial charge in [0.05, 0.1) is 19.6 Å². The lowest BCUT2D eigenvalue weighted by molar-refractivity contribution is -0.142. The van der Waals surface area contributed by atoms with Crippen molar-refractivity contribution in [2.24, 2.45) is 0 Å². The first-order valence-electron chi connectivity index (χ1n) is 8.80. The predicted octanol–water partition coefficient (Wildman–Crippen LogP) is 3.51. The summed E-state index contributed by atoms with van der Waals surface area (Å²) in [6.07, 6.45) is 4.61. The largest absolute Gasteiger partial charge is 0.494 e. The Morgan fingerprint density at radius 3 is 2.56 bits per heavy atom. The standard InChI is InChI=1S/C21H23NO5/c1-2-26-21(25)17(15-20(23)24)14-16-8-10-19(11-9-16)27-13-5-7-18-6-3-4-12-22-18/h3-4,6,8-12,14H,2,5,7,13,15H2,1H3,(H,23,24)/b17-14+. The van der Waals surface area contributed by atoms with Crippen molar-refractivity contribution in [3.05, 3.63) is 65.5 Å². The van der Waals surface area contributed by atoms with Gasteiger partial charge in [0.15, 0.2) is 0 Å². The van der Waals surface area contributed by atoms with Crippen molar-refractivity contribution in [2.75, 3.05) is 13.2 Å². The molecule has 0 aliphatic rings. The van der Waals surface area contributed by atoms with Gasteiger partial charge < -0.3 is 14.6 Å². The van der Waals surface area contributed by atoms with Crippen LogP contribution in [0.1, 0.15) is 31.0 Å². The van der Waals surface area contributed by atoms with Crippen molar-refractivity contribution < 1.29 is 24.2 Å². The first-order valence-corrected chi connectivity index (χ1v) is 8.80. The molecule has 0 saturated heterocycles. The highest BCUT2D eigenvalue weighted by Gasteiger charge is 2.14. The second-order valence-corrected chi connectivity index (χ2v) is 5.80. The van der Waals surface area contributed by atoms with Crippen LogP contribution >= 0.6 is 0 Å². The van der Waals surface area contributed by atoms with Crippen LogP contribution in [0.2, 0.25) is 0 Å². The number of aryl methyl sites for hydroxylation is 1. The topological polar surface area (TPSA) is 85.7 Å². The molecule has 142 valence electrons. The third-order valence-corrected chi connectivity index (χ3v) is 3.67. The van der Waals surface area contributed by atoms with Crippen LogP contribution in [0.3, 0.4) is 0 Å². The third kappa shape index (κ3) is 7.32. The zero-order chi connectivity index (χ0) is 19.5. The Morgan fingerprint density at radius 1 is 1.15 bits per heavy atom. The number of hydrogen-bond donors (Lipinski definition) is 1. The van der Waals surface area contributed by atoms with Crippen molar-refractivity contribution >= 4 is 18.0 Å². The minimum atomic E-state index is -1.08. The van der Waals surface area contributed by atoms with E-state index in [0.717, 1.165) is 18.5 Å². The molecule has 0 bridgehead atoms. The molecule has 0 aliphatic carbocycles. The number of rotatable bonds is 10. The van der Waals surface area contributed by atoms with Crippen LogP contribution in [0.15, 0.2) is 54.2 Å². The maximum Gasteiger partial charge on any atom is 0.334 e. The highest BCUT2D eigenvalue weighted by molar-refractivity contribution is 5.97. The molecule has 0 unspecified atom stereocenters. The third-order valence-electron chi connectivity index (χ3n) is 3.67. The molecule has 0 fully saturated rings. The quantitative estimate of drug-likeness (QED) is 0.392. The van der Waals surface area contributed by atoms with Gasteiger partial charge in [-0.15, -0.1) is 0 Å². The molecule has 0 spiro atoms. The van der Waals surface area contributed by atoms with Crippen LogP contribution in [-0.2, 0) is 20.7 Å². The van der Waals surface area contributed by atoms with E-state index in [0.29, 0.717) is 17.9 Å². The van der Waals surface area contributed by atoms with Gasteiger partial charge in [-0.2, -0.15) is 0 Å². The Morgan fingerprint density at radius 2 is 1.93 bits per heavy atom. The van der Waals surface area contributed by atoms with Crippen LogP contribution in [0, 0.1) is 0 Å². The molecule has 1 N–H and O–H groups in total. The van der Waals surface area contributed by atoms with Gasteiger partial charge >= 0.3 is 11.9 Å². The number of hydrogen-bond acceptors (Lipinski definition) is 5. The van der Waals surface area contributed by atoms with Gasteiger partial charge in [-0.1, -0.05) is 18.2 Å². The molecular formula is C21H23NO5. The second kappa shape index (κ2) is 10.8. The summed E-state index contributed by atoms with van der Waals surface area (Å²) >= 11 is 0. The Labute approximate surface area is 158 Å². The molecule has 1 heterocycles. The van der Waals surface area contributed by atoms with E-state index < -0.39 is 11.9 Å². The fourth-order valence-corrected chi connectivity index (χ4v) is 2.42. The van der Waals surface area contributed by atoms with Crippen LogP contribution in [-0.4, -0.2) is 35.2 Å². The Hall–Kier alpha value is -3.15. The van der Waals surface area contributed by atoms with E-state index in [1.165, 1.54) is 6.08 Å². The number of carbonyl (C=O) groups excluding carboxylic acids is 1. The zero-order valence-corrected chi connectivity index (χ0v) is 15.3. The van der Waals surface area contributed by atoms with Crippen molar-refractivity contribution in [3.63, 3.8) is 0 Å². The molecule has 2 rings (SSSR count). The van der Waals surface area contributed by atoms with E-state index in [1.54, 1.807) is 37.4 Å². The molecule has 6 heteroatoms. The molecule has 0 saturated carbocycles. The van der Waals surface area contributed by atoms with Gasteiger partial charge in [-0.05, 0) is 55.7 Å². The van der Waals surface area contributed by atoms with Crippen LogP contribution in [0.25, 0.3) is 6.08 Å². The molecule has 0 aliphatic heterocycles. The maximum absolute atomic E-state index is 11.9. The zero-order valence-electron chi connectivity index (χ0n) is 15.3. The lowest BCUT2D eigenvalue weighted by Gasteiger charge is -2.07. The second-order valence-electron chi connectivity index (χ2n) is 5.80. The summed E-state index contributed by atoms with van der Waals surface area (Å²) in [5.74, 6) is -0.985. The number of carboxylic acid groups (broad SMARTS) is 1. The minimum Gasteiger partial charge on any atom is -0.494 e. The Kier molecular flexibility index (Phi) is 8.03. The van der Waals surface area contributed by atoms with Gasteiger partial charge in [0.25, 0.3) is 0 Å². The van der Waals surface area contributed by atoms with Gasteiger partial charge in [-0.25, -0.2) is 4.79 Å². The van der Waals surface area contributed by atoms with Crippen LogP contribution < -0.4 is 4.74 Å². The summed E-state index contributed by atoms with van der Waals surface area (Å²) in [6.45, 7) is 2.44. The molecule has 2 aromatic rings. The van der Waals surface area contributed by atoms with Gasteiger partial charge in [0.2, 0.25) is 0 Å². The summed E-state index contributed by atoms with van der Waals surface area (Å²) in [7, 11) is 0. The molecule has 0 amide bonds. The average molecular weight is 369 g/mol. The molecule has 1 aromatic carbocycles. The number of pyridine rings is 1. The molecular weight excluding hydrogens is 346 g/mol. The monoisotopic (exact) mass is 369 g/mol. The fraction of sp³-hybridized carbons (Fsp3) is 0.286. The number of carboxylic acids is 1. The van der Waals surface area contributed by atoms with Crippen LogP contribution in [0.4, 0.5) is 0 Å². The van der Waals surface area contributed by atoms with Crippen LogP contribution in [0.5, 0.6) is 5.75 Å². The smallest absolute Gasteiger partial charge is 0.334 e. The number of carbonyl (C=O) groups is 2. The highest BCUT2D eigenvalue weighted by atomic mass is 16.5. The summed E-state index contributed by atoms with van der Waals surface area (Å²) in [4.78, 5) is 27.1. The molecule has 27 heavy (non-hydrogen) atoms. The van der Waals surface area contributed by atoms with Crippen molar-refractivity contribution in [2.45, 2.75) is 26.2 Å². The number of nitrogens with zero attached hydrogens (tertiary/aromatic N) is 1. The highest BCUT2D eigenvalue weighted by Crippen LogP contribution is 2.17. The van der Waals surface area contributed by atoms with Gasteiger partial charge in [0.1, 0.15) is 5.75 Å². The van der Waals surface area contributed by atoms with Gasteiger partial charge in [0, 0.05) is 17.5 Å². The summed E-state index contributed by atoms with van der Waals surface area (Å²) in [5.41, 5.74) is 1.85. The summed E-state index contributed by atoms with van der Waals surface area (Å²) in [5, 5.41) is 8.95. The summed E-state index contributed by atoms with van der Waals surface area (Å²) < 4.78 is 10.6. The number of ether oxygens (including phenoxy) is 2. The first-order chi connectivity index (χ1) is 13.1. The van der Waals surface area contributed by atoms with E-state index >= 15 is 0 Å². The molecule has 0 atom stereocenters. The fourth-order valence-electron chi connectivity index (χ4n) is 2.42. The van der Waals surface area contributed by atoms with Gasteiger partial charge in [-0.3, -0.25) is 9.78 Å².